The summed E-state index contributed by atoms with van der Waals surface area (Å²) in [6, 6.07) is 15.3. The van der Waals surface area contributed by atoms with Gasteiger partial charge in [0.15, 0.2) is 0 Å². The van der Waals surface area contributed by atoms with Crippen molar-refractivity contribution >= 4 is 0 Å². The van der Waals surface area contributed by atoms with Crippen LogP contribution < -0.4 is 10.1 Å². The maximum Gasteiger partial charge on any atom is 0.217 e. The van der Waals surface area contributed by atoms with Gasteiger partial charge in [0, 0.05) is 30.3 Å². The molecule has 0 aliphatic heterocycles. The second-order valence-electron chi connectivity index (χ2n) is 5.37. The number of ether oxygens (including phenoxy) is 1. The average molecular weight is 268 g/mol. The van der Waals surface area contributed by atoms with Gasteiger partial charge in [-0.15, -0.1) is 0 Å². The van der Waals surface area contributed by atoms with Crippen LogP contribution in [-0.4, -0.2) is 18.1 Å². The SMILES string of the molecule is COc1ncccc1CN[C@H]1[C@@H](C)[C@@H]1c1ccccc1. The molecule has 0 amide bonds. The highest BCUT2D eigenvalue weighted by Crippen LogP contribution is 2.47. The number of methoxy groups -OCH3 is 1. The number of hydrogen-bond acceptors (Lipinski definition) is 3. The Morgan fingerprint density at radius 2 is 1.95 bits per heavy atom. The van der Waals surface area contributed by atoms with Crippen LogP contribution in [0.4, 0.5) is 0 Å². The largest absolute Gasteiger partial charge is 0.481 e. The van der Waals surface area contributed by atoms with Crippen molar-refractivity contribution < 1.29 is 4.74 Å². The molecule has 0 unspecified atom stereocenters. The first kappa shape index (κ1) is 13.1. The van der Waals surface area contributed by atoms with E-state index in [1.165, 1.54) is 5.56 Å². The first-order valence-electron chi connectivity index (χ1n) is 7.07. The highest BCUT2D eigenvalue weighted by atomic mass is 16.5. The summed E-state index contributed by atoms with van der Waals surface area (Å²) in [5.41, 5.74) is 2.54. The van der Waals surface area contributed by atoms with Gasteiger partial charge in [-0.05, 0) is 17.5 Å². The monoisotopic (exact) mass is 268 g/mol. The quantitative estimate of drug-likeness (QED) is 0.905. The normalized spacial score (nSPS) is 24.4. The van der Waals surface area contributed by atoms with E-state index in [9.17, 15) is 0 Å². The lowest BCUT2D eigenvalue weighted by molar-refractivity contribution is 0.390. The minimum absolute atomic E-state index is 0.544. The van der Waals surface area contributed by atoms with E-state index in [4.69, 9.17) is 4.74 Å². The van der Waals surface area contributed by atoms with E-state index in [0.717, 1.165) is 12.1 Å². The molecule has 20 heavy (non-hydrogen) atoms. The summed E-state index contributed by atoms with van der Waals surface area (Å²) in [6.45, 7) is 3.10. The lowest BCUT2D eigenvalue weighted by atomic mass is 10.1. The number of rotatable bonds is 5. The molecule has 1 heterocycles. The first-order chi connectivity index (χ1) is 9.81. The lowest BCUT2D eigenvalue weighted by Gasteiger charge is -2.08. The molecule has 0 spiro atoms. The third kappa shape index (κ3) is 2.54. The van der Waals surface area contributed by atoms with E-state index >= 15 is 0 Å². The van der Waals surface area contributed by atoms with Gasteiger partial charge in [0.25, 0.3) is 0 Å². The van der Waals surface area contributed by atoms with Gasteiger partial charge >= 0.3 is 0 Å². The van der Waals surface area contributed by atoms with Gasteiger partial charge in [-0.25, -0.2) is 4.98 Å². The third-order valence-electron chi connectivity index (χ3n) is 4.13. The van der Waals surface area contributed by atoms with Gasteiger partial charge in [-0.3, -0.25) is 0 Å². The predicted octanol–water partition coefficient (Wildman–Crippen LogP) is 2.98. The molecule has 3 heteroatoms. The maximum atomic E-state index is 5.29. The summed E-state index contributed by atoms with van der Waals surface area (Å²) in [4.78, 5) is 4.23. The fourth-order valence-corrected chi connectivity index (χ4v) is 2.93. The molecule has 0 saturated heterocycles. The lowest BCUT2D eigenvalue weighted by Crippen LogP contribution is -2.19. The van der Waals surface area contributed by atoms with Crippen molar-refractivity contribution in [2.45, 2.75) is 25.4 Å². The van der Waals surface area contributed by atoms with E-state index in [0.29, 0.717) is 23.8 Å². The number of benzene rings is 1. The molecule has 1 aromatic heterocycles. The summed E-state index contributed by atoms with van der Waals surface area (Å²) in [7, 11) is 1.67. The van der Waals surface area contributed by atoms with E-state index in [1.807, 2.05) is 6.07 Å². The minimum atomic E-state index is 0.544. The zero-order valence-electron chi connectivity index (χ0n) is 11.9. The molecule has 0 bridgehead atoms. The molecule has 3 nitrogen and oxygen atoms in total. The van der Waals surface area contributed by atoms with Crippen molar-refractivity contribution in [3.63, 3.8) is 0 Å². The summed E-state index contributed by atoms with van der Waals surface area (Å²) < 4.78 is 5.29. The van der Waals surface area contributed by atoms with Crippen molar-refractivity contribution in [3.05, 3.63) is 59.8 Å². The van der Waals surface area contributed by atoms with Crippen molar-refractivity contribution in [1.82, 2.24) is 10.3 Å². The number of nitrogens with one attached hydrogen (secondary N) is 1. The predicted molar refractivity (Wildman–Crippen MR) is 79.8 cm³/mol. The van der Waals surface area contributed by atoms with Crippen LogP contribution in [-0.2, 0) is 6.54 Å². The average Bonchev–Trinajstić information content (AvgIpc) is 3.16. The van der Waals surface area contributed by atoms with Crippen LogP contribution >= 0.6 is 0 Å². The molecule has 3 rings (SSSR count). The van der Waals surface area contributed by atoms with Crippen LogP contribution in [0.25, 0.3) is 0 Å². The molecule has 104 valence electrons. The van der Waals surface area contributed by atoms with Gasteiger partial charge in [0.05, 0.1) is 7.11 Å². The number of aromatic nitrogens is 1. The molecule has 3 atom stereocenters. The van der Waals surface area contributed by atoms with Crippen LogP contribution in [0.1, 0.15) is 24.0 Å². The van der Waals surface area contributed by atoms with Crippen LogP contribution in [0.2, 0.25) is 0 Å². The molecule has 1 aliphatic carbocycles. The molecular formula is C17H20N2O. The molecule has 0 radical (unpaired) electrons. The molecule has 1 aromatic carbocycles. The van der Waals surface area contributed by atoms with E-state index in [1.54, 1.807) is 13.3 Å². The summed E-state index contributed by atoms with van der Waals surface area (Å²) in [6.07, 6.45) is 1.76. The fourth-order valence-electron chi connectivity index (χ4n) is 2.93. The fraction of sp³-hybridized carbons (Fsp3) is 0.353. The van der Waals surface area contributed by atoms with Crippen molar-refractivity contribution in [1.29, 1.82) is 0 Å². The smallest absolute Gasteiger partial charge is 0.217 e. The third-order valence-corrected chi connectivity index (χ3v) is 4.13. The molecule has 2 aromatic rings. The minimum Gasteiger partial charge on any atom is -0.481 e. The second kappa shape index (κ2) is 5.63. The molecule has 1 saturated carbocycles. The van der Waals surface area contributed by atoms with Gasteiger partial charge in [-0.1, -0.05) is 43.3 Å². The maximum absolute atomic E-state index is 5.29. The van der Waals surface area contributed by atoms with Crippen molar-refractivity contribution in [2.24, 2.45) is 5.92 Å². The topological polar surface area (TPSA) is 34.1 Å². The Morgan fingerprint density at radius 3 is 2.70 bits per heavy atom. The Kier molecular flexibility index (Phi) is 3.70. The zero-order chi connectivity index (χ0) is 13.9. The zero-order valence-corrected chi connectivity index (χ0v) is 11.9. The summed E-state index contributed by atoms with van der Waals surface area (Å²) in [5.74, 6) is 2.02. The second-order valence-corrected chi connectivity index (χ2v) is 5.37. The standard InChI is InChI=1S/C17H20N2O/c1-12-15(13-7-4-3-5-8-13)16(12)19-11-14-9-6-10-18-17(14)20-2/h3-10,12,15-16,19H,11H2,1-2H3/t12-,15+,16-/m0/s1. The highest BCUT2D eigenvalue weighted by molar-refractivity contribution is 5.31. The van der Waals surface area contributed by atoms with E-state index < -0.39 is 0 Å². The Hall–Kier alpha value is -1.87. The van der Waals surface area contributed by atoms with E-state index in [-0.39, 0.29) is 0 Å². The number of pyridine rings is 1. The summed E-state index contributed by atoms with van der Waals surface area (Å²) in [5, 5.41) is 3.63. The Morgan fingerprint density at radius 1 is 1.15 bits per heavy atom. The van der Waals surface area contributed by atoms with Crippen molar-refractivity contribution in [3.8, 4) is 5.88 Å². The molecule has 1 fully saturated rings. The number of nitrogens with zero attached hydrogens (tertiary/aromatic N) is 1. The van der Waals surface area contributed by atoms with Crippen LogP contribution in [0, 0.1) is 5.92 Å². The van der Waals surface area contributed by atoms with Gasteiger partial charge in [0.1, 0.15) is 0 Å². The molecule has 1 N–H and O–H groups in total. The Labute approximate surface area is 120 Å². The Balaban J connectivity index is 1.63. The first-order valence-corrected chi connectivity index (χ1v) is 7.07. The van der Waals surface area contributed by atoms with Gasteiger partial charge < -0.3 is 10.1 Å². The van der Waals surface area contributed by atoms with Crippen LogP contribution in [0.15, 0.2) is 48.7 Å². The van der Waals surface area contributed by atoms with Gasteiger partial charge in [-0.2, -0.15) is 0 Å². The number of hydrogen-bond donors (Lipinski definition) is 1. The van der Waals surface area contributed by atoms with Crippen molar-refractivity contribution in [2.75, 3.05) is 7.11 Å². The highest BCUT2D eigenvalue weighted by Gasteiger charge is 2.46. The van der Waals surface area contributed by atoms with E-state index in [2.05, 4.69) is 53.6 Å². The van der Waals surface area contributed by atoms with Crippen LogP contribution in [0.5, 0.6) is 5.88 Å². The molecular weight excluding hydrogens is 248 g/mol. The summed E-state index contributed by atoms with van der Waals surface area (Å²) >= 11 is 0. The van der Waals surface area contributed by atoms with Crippen LogP contribution in [0.3, 0.4) is 0 Å². The van der Waals surface area contributed by atoms with Gasteiger partial charge in [0.2, 0.25) is 5.88 Å². The Bertz CT molecular complexity index is 570. The molecule has 1 aliphatic rings.